The highest BCUT2D eigenvalue weighted by Crippen LogP contribution is 2.06. The lowest BCUT2D eigenvalue weighted by molar-refractivity contribution is -0.131. The molecule has 1 rings (SSSR count). The molecule has 0 spiro atoms. The van der Waals surface area contributed by atoms with Gasteiger partial charge < -0.3 is 14.7 Å². The predicted octanol–water partition coefficient (Wildman–Crippen LogP) is 0.400. The number of rotatable bonds is 3. The van der Waals surface area contributed by atoms with Crippen molar-refractivity contribution in [3.8, 4) is 0 Å². The molecule has 0 bridgehead atoms. The van der Waals surface area contributed by atoms with Gasteiger partial charge in [-0.3, -0.25) is 9.59 Å². The molecule has 0 aliphatic heterocycles. The van der Waals surface area contributed by atoms with Gasteiger partial charge in [0.1, 0.15) is 5.76 Å². The number of aromatic nitrogens is 1. The van der Waals surface area contributed by atoms with Crippen LogP contribution in [0.3, 0.4) is 0 Å². The molecule has 0 saturated heterocycles. The van der Waals surface area contributed by atoms with Gasteiger partial charge in [-0.1, -0.05) is 5.16 Å². The highest BCUT2D eigenvalue weighted by molar-refractivity contribution is 5.93. The number of hydrogen-bond acceptors (Lipinski definition) is 4. The number of anilines is 1. The standard InChI is InChI=1S/C9H13N3O3/c1-6-4-8(11-15-6)10-9(14)5-12(3)7(2)13/h4H,5H2,1-3H3,(H,10,11,14). The maximum Gasteiger partial charge on any atom is 0.245 e. The van der Waals surface area contributed by atoms with Gasteiger partial charge >= 0.3 is 0 Å². The maximum atomic E-state index is 11.3. The first kappa shape index (κ1) is 11.2. The summed E-state index contributed by atoms with van der Waals surface area (Å²) in [6.07, 6.45) is 0. The average Bonchev–Trinajstić information content (AvgIpc) is 2.50. The van der Waals surface area contributed by atoms with Crippen LogP contribution in [0.15, 0.2) is 10.6 Å². The van der Waals surface area contributed by atoms with Gasteiger partial charge in [-0.25, -0.2) is 0 Å². The molecule has 0 radical (unpaired) electrons. The topological polar surface area (TPSA) is 75.4 Å². The summed E-state index contributed by atoms with van der Waals surface area (Å²) < 4.78 is 4.77. The minimum absolute atomic E-state index is 0.00123. The highest BCUT2D eigenvalue weighted by atomic mass is 16.5. The molecule has 0 saturated carbocycles. The Hall–Kier alpha value is -1.85. The molecule has 0 fully saturated rings. The summed E-state index contributed by atoms with van der Waals surface area (Å²) in [7, 11) is 1.55. The zero-order valence-corrected chi connectivity index (χ0v) is 8.90. The Kier molecular flexibility index (Phi) is 3.43. The van der Waals surface area contributed by atoms with Crippen molar-refractivity contribution in [2.24, 2.45) is 0 Å². The van der Waals surface area contributed by atoms with Gasteiger partial charge in [0.2, 0.25) is 11.8 Å². The van der Waals surface area contributed by atoms with Crippen LogP contribution >= 0.6 is 0 Å². The van der Waals surface area contributed by atoms with E-state index in [1.165, 1.54) is 11.8 Å². The van der Waals surface area contributed by atoms with E-state index in [0.717, 1.165) is 0 Å². The summed E-state index contributed by atoms with van der Waals surface area (Å²) >= 11 is 0. The molecule has 82 valence electrons. The number of carbonyl (C=O) groups is 2. The van der Waals surface area contributed by atoms with Crippen molar-refractivity contribution < 1.29 is 14.1 Å². The van der Waals surface area contributed by atoms with Crippen molar-refractivity contribution >= 4 is 17.6 Å². The molecule has 0 aromatic carbocycles. The van der Waals surface area contributed by atoms with E-state index in [0.29, 0.717) is 11.6 Å². The van der Waals surface area contributed by atoms with Crippen molar-refractivity contribution in [1.82, 2.24) is 10.1 Å². The molecule has 2 amide bonds. The van der Waals surface area contributed by atoms with Crippen LogP contribution in [0, 0.1) is 6.92 Å². The number of amides is 2. The van der Waals surface area contributed by atoms with E-state index >= 15 is 0 Å². The zero-order chi connectivity index (χ0) is 11.4. The van der Waals surface area contributed by atoms with E-state index in [1.807, 2.05) is 0 Å². The van der Waals surface area contributed by atoms with Crippen LogP contribution in [0.1, 0.15) is 12.7 Å². The maximum absolute atomic E-state index is 11.3. The first-order valence-electron chi connectivity index (χ1n) is 4.44. The molecule has 6 nitrogen and oxygen atoms in total. The molecule has 6 heteroatoms. The Morgan fingerprint density at radius 3 is 2.73 bits per heavy atom. The monoisotopic (exact) mass is 211 g/mol. The zero-order valence-electron chi connectivity index (χ0n) is 8.90. The number of nitrogens with zero attached hydrogens (tertiary/aromatic N) is 2. The second kappa shape index (κ2) is 4.59. The van der Waals surface area contributed by atoms with Crippen LogP contribution in [0.5, 0.6) is 0 Å². The third-order valence-electron chi connectivity index (χ3n) is 1.81. The normalized spacial score (nSPS) is 9.80. The van der Waals surface area contributed by atoms with Gasteiger partial charge in [-0.15, -0.1) is 0 Å². The Balaban J connectivity index is 2.46. The lowest BCUT2D eigenvalue weighted by atomic mass is 10.4. The van der Waals surface area contributed by atoms with Crippen LogP contribution < -0.4 is 5.32 Å². The highest BCUT2D eigenvalue weighted by Gasteiger charge is 2.10. The van der Waals surface area contributed by atoms with Crippen LogP contribution in [0.2, 0.25) is 0 Å². The second-order valence-corrected chi connectivity index (χ2v) is 3.25. The van der Waals surface area contributed by atoms with Crippen LogP contribution in [0.4, 0.5) is 5.82 Å². The van der Waals surface area contributed by atoms with Gasteiger partial charge in [0.15, 0.2) is 5.82 Å². The molecule has 1 aromatic heterocycles. The lowest BCUT2D eigenvalue weighted by Crippen LogP contribution is -2.33. The Bertz CT molecular complexity index is 372. The van der Waals surface area contributed by atoms with E-state index in [1.54, 1.807) is 20.0 Å². The minimum Gasteiger partial charge on any atom is -0.360 e. The Labute approximate surface area is 87.2 Å². The first-order valence-corrected chi connectivity index (χ1v) is 4.44. The minimum atomic E-state index is -0.305. The number of hydrogen-bond donors (Lipinski definition) is 1. The van der Waals surface area contributed by atoms with Crippen molar-refractivity contribution in [1.29, 1.82) is 0 Å². The number of aryl methyl sites for hydroxylation is 1. The van der Waals surface area contributed by atoms with Crippen LogP contribution in [0.25, 0.3) is 0 Å². The summed E-state index contributed by atoms with van der Waals surface area (Å²) in [6, 6.07) is 1.60. The Morgan fingerprint density at radius 1 is 1.60 bits per heavy atom. The van der Waals surface area contributed by atoms with Gasteiger partial charge in [-0.2, -0.15) is 0 Å². The molecule has 1 heterocycles. The average molecular weight is 211 g/mol. The number of likely N-dealkylation sites (N-methyl/N-ethyl adjacent to an activating group) is 1. The summed E-state index contributed by atoms with van der Waals surface area (Å²) in [5, 5.41) is 6.11. The van der Waals surface area contributed by atoms with Crippen LogP contribution in [-0.4, -0.2) is 35.5 Å². The van der Waals surface area contributed by atoms with E-state index in [9.17, 15) is 9.59 Å². The van der Waals surface area contributed by atoms with Gasteiger partial charge in [0.05, 0.1) is 6.54 Å². The van der Waals surface area contributed by atoms with E-state index in [2.05, 4.69) is 10.5 Å². The molecular formula is C9H13N3O3. The van der Waals surface area contributed by atoms with Gasteiger partial charge in [0, 0.05) is 20.0 Å². The molecule has 1 aromatic rings. The molecule has 0 atom stereocenters. The fourth-order valence-corrected chi connectivity index (χ4v) is 0.934. The summed E-state index contributed by atoms with van der Waals surface area (Å²) in [6.45, 7) is 3.12. The van der Waals surface area contributed by atoms with Crippen molar-refractivity contribution in [3.05, 3.63) is 11.8 Å². The quantitative estimate of drug-likeness (QED) is 0.785. The molecule has 0 aliphatic carbocycles. The fraction of sp³-hybridized carbons (Fsp3) is 0.444. The van der Waals surface area contributed by atoms with Crippen molar-refractivity contribution in [2.45, 2.75) is 13.8 Å². The van der Waals surface area contributed by atoms with Crippen LogP contribution in [-0.2, 0) is 9.59 Å². The Morgan fingerprint density at radius 2 is 2.27 bits per heavy atom. The molecule has 1 N–H and O–H groups in total. The number of carbonyl (C=O) groups excluding carboxylic acids is 2. The summed E-state index contributed by atoms with van der Waals surface area (Å²) in [5.41, 5.74) is 0. The molecule has 15 heavy (non-hydrogen) atoms. The second-order valence-electron chi connectivity index (χ2n) is 3.25. The fourth-order valence-electron chi connectivity index (χ4n) is 0.934. The van der Waals surface area contributed by atoms with E-state index < -0.39 is 0 Å². The molecule has 0 unspecified atom stereocenters. The summed E-state index contributed by atoms with van der Waals surface area (Å²) in [4.78, 5) is 23.5. The third kappa shape index (κ3) is 3.41. The SMILES string of the molecule is CC(=O)N(C)CC(=O)Nc1cc(C)on1. The van der Waals surface area contributed by atoms with Crippen molar-refractivity contribution in [3.63, 3.8) is 0 Å². The van der Waals surface area contributed by atoms with E-state index in [4.69, 9.17) is 4.52 Å². The molecular weight excluding hydrogens is 198 g/mol. The van der Waals surface area contributed by atoms with Gasteiger partial charge in [0.25, 0.3) is 0 Å². The third-order valence-corrected chi connectivity index (χ3v) is 1.81. The summed E-state index contributed by atoms with van der Waals surface area (Å²) in [5.74, 6) is 0.502. The molecule has 0 aliphatic rings. The van der Waals surface area contributed by atoms with Crippen molar-refractivity contribution in [2.75, 3.05) is 18.9 Å². The lowest BCUT2D eigenvalue weighted by Gasteiger charge is -2.12. The van der Waals surface area contributed by atoms with Gasteiger partial charge in [-0.05, 0) is 6.92 Å². The van der Waals surface area contributed by atoms with E-state index in [-0.39, 0.29) is 18.4 Å². The first-order chi connectivity index (χ1) is 6.99. The smallest absolute Gasteiger partial charge is 0.245 e. The number of nitrogens with one attached hydrogen (secondary N) is 1. The predicted molar refractivity (Wildman–Crippen MR) is 53.2 cm³/mol. The largest absolute Gasteiger partial charge is 0.360 e.